The Morgan fingerprint density at radius 1 is 0.778 bits per heavy atom. The maximum atomic E-state index is 13.4. The zero-order valence-corrected chi connectivity index (χ0v) is 21.1. The fourth-order valence-corrected chi connectivity index (χ4v) is 5.08. The summed E-state index contributed by atoms with van der Waals surface area (Å²) in [5, 5.41) is 27.2. The molecule has 7 nitrogen and oxygen atoms in total. The summed E-state index contributed by atoms with van der Waals surface area (Å²) < 4.78 is 1.24. The lowest BCUT2D eigenvalue weighted by molar-refractivity contribution is -0.635. The van der Waals surface area contributed by atoms with Gasteiger partial charge in [-0.05, 0) is 35.4 Å². The van der Waals surface area contributed by atoms with E-state index < -0.39 is 5.91 Å². The average molecular weight is 523 g/mol. The Bertz CT molecular complexity index is 1370. The molecule has 3 aromatic carbocycles. The minimum atomic E-state index is -0.438. The molecule has 1 aromatic heterocycles. The summed E-state index contributed by atoms with van der Waals surface area (Å²) in [7, 11) is 0. The maximum Gasteiger partial charge on any atom is 0.351 e. The van der Waals surface area contributed by atoms with Crippen molar-refractivity contribution in [2.75, 3.05) is 26.2 Å². The molecule has 2 heterocycles. The van der Waals surface area contributed by atoms with Crippen molar-refractivity contribution >= 4 is 40.1 Å². The molecule has 0 bridgehead atoms. The van der Waals surface area contributed by atoms with Crippen LogP contribution in [0, 0.1) is 17.3 Å². The minimum Gasteiger partial charge on any atom is -0.618 e. The third-order valence-corrected chi connectivity index (χ3v) is 7.21. The Morgan fingerprint density at radius 2 is 1.25 bits per heavy atom. The number of amides is 1. The molecule has 4 aromatic rings. The first kappa shape index (κ1) is 24.3. The molecular formula is C27H24Cl2N4O3. The van der Waals surface area contributed by atoms with Crippen LogP contribution in [0.15, 0.2) is 72.8 Å². The molecular weight excluding hydrogens is 499 g/mol. The third kappa shape index (κ3) is 4.46. The zero-order chi connectivity index (χ0) is 25.4. The second-order valence-corrected chi connectivity index (χ2v) is 9.72. The summed E-state index contributed by atoms with van der Waals surface area (Å²) in [4.78, 5) is 17.4. The van der Waals surface area contributed by atoms with Crippen LogP contribution in [0.25, 0.3) is 11.0 Å². The van der Waals surface area contributed by atoms with Gasteiger partial charge in [0, 0.05) is 55.3 Å². The van der Waals surface area contributed by atoms with Gasteiger partial charge in [-0.15, -0.1) is 4.73 Å². The number of hydrogen-bond donors (Lipinski definition) is 0. The standard InChI is InChI=1S/C27H24Cl2N4O3/c1-18-25(33(36)24-5-3-2-4-23(24)32(18)35)27(34)31-16-14-30(15-17-31)26(19-6-10-21(28)11-7-19)20-8-12-22(29)13-9-20/h2-13,26H,14-17H2,1H3. The molecule has 0 aliphatic carbocycles. The van der Waals surface area contributed by atoms with Gasteiger partial charge >= 0.3 is 11.6 Å². The van der Waals surface area contributed by atoms with E-state index in [1.807, 2.05) is 48.5 Å². The first-order valence-electron chi connectivity index (χ1n) is 11.6. The smallest absolute Gasteiger partial charge is 0.351 e. The number of piperazine rings is 1. The van der Waals surface area contributed by atoms with Crippen molar-refractivity contribution in [3.05, 3.63) is 116 Å². The van der Waals surface area contributed by atoms with Crippen LogP contribution in [0.3, 0.4) is 0 Å². The van der Waals surface area contributed by atoms with Gasteiger partial charge in [0.05, 0.1) is 6.04 Å². The lowest BCUT2D eigenvalue weighted by atomic mass is 9.96. The van der Waals surface area contributed by atoms with Crippen LogP contribution >= 0.6 is 23.2 Å². The number of rotatable bonds is 4. The normalized spacial score (nSPS) is 14.5. The first-order valence-corrected chi connectivity index (χ1v) is 12.4. The molecule has 184 valence electrons. The fraction of sp³-hybridized carbons (Fsp3) is 0.222. The molecule has 5 rings (SSSR count). The molecule has 1 aliphatic heterocycles. The Balaban J connectivity index is 1.41. The summed E-state index contributed by atoms with van der Waals surface area (Å²) in [5.41, 5.74) is 2.53. The molecule has 0 atom stereocenters. The summed E-state index contributed by atoms with van der Waals surface area (Å²) in [6.45, 7) is 3.52. The highest BCUT2D eigenvalue weighted by Crippen LogP contribution is 2.31. The van der Waals surface area contributed by atoms with Gasteiger partial charge in [0.1, 0.15) is 0 Å². The number of aromatic nitrogens is 2. The number of halogens is 2. The van der Waals surface area contributed by atoms with Gasteiger partial charge in [0.25, 0.3) is 16.7 Å². The Morgan fingerprint density at radius 3 is 1.75 bits per heavy atom. The molecule has 0 spiro atoms. The molecule has 0 radical (unpaired) electrons. The van der Waals surface area contributed by atoms with Crippen LogP contribution in [0.5, 0.6) is 0 Å². The van der Waals surface area contributed by atoms with Gasteiger partial charge in [0.2, 0.25) is 0 Å². The topological polar surface area (TPSA) is 77.4 Å². The predicted molar refractivity (Wildman–Crippen MR) is 139 cm³/mol. The van der Waals surface area contributed by atoms with Crippen LogP contribution < -0.4 is 9.46 Å². The van der Waals surface area contributed by atoms with Crippen LogP contribution in [-0.4, -0.2) is 41.9 Å². The number of carbonyl (C=O) groups is 1. The van der Waals surface area contributed by atoms with Gasteiger partial charge in [-0.25, -0.2) is 0 Å². The van der Waals surface area contributed by atoms with Crippen LogP contribution in [0.2, 0.25) is 10.0 Å². The van der Waals surface area contributed by atoms with Crippen molar-refractivity contribution in [3.8, 4) is 0 Å². The monoisotopic (exact) mass is 522 g/mol. The largest absolute Gasteiger partial charge is 0.618 e. The van der Waals surface area contributed by atoms with Crippen molar-refractivity contribution in [3.63, 3.8) is 0 Å². The first-order chi connectivity index (χ1) is 17.3. The average Bonchev–Trinajstić information content (AvgIpc) is 2.90. The van der Waals surface area contributed by atoms with E-state index in [0.717, 1.165) is 11.1 Å². The number of para-hydroxylation sites is 2. The van der Waals surface area contributed by atoms with Crippen molar-refractivity contribution in [2.24, 2.45) is 0 Å². The fourth-order valence-electron chi connectivity index (χ4n) is 4.83. The number of benzene rings is 3. The SMILES string of the molecule is Cc1c(C(=O)N2CCN(C(c3ccc(Cl)cc3)c3ccc(Cl)cc3)CC2)[n+]([O-])c2ccccc2[n+]1[O-]. The Labute approximate surface area is 218 Å². The summed E-state index contributed by atoms with van der Waals surface area (Å²) in [5.74, 6) is -0.438. The highest BCUT2D eigenvalue weighted by molar-refractivity contribution is 6.30. The molecule has 0 N–H and O–H groups in total. The second-order valence-electron chi connectivity index (χ2n) is 8.85. The van der Waals surface area contributed by atoms with E-state index in [4.69, 9.17) is 23.2 Å². The van der Waals surface area contributed by atoms with E-state index >= 15 is 0 Å². The molecule has 1 amide bonds. The Kier molecular flexibility index (Phi) is 6.71. The van der Waals surface area contributed by atoms with E-state index in [0.29, 0.717) is 45.7 Å². The molecule has 0 unspecified atom stereocenters. The van der Waals surface area contributed by atoms with E-state index in [1.54, 1.807) is 29.2 Å². The van der Waals surface area contributed by atoms with Gasteiger partial charge < -0.3 is 15.3 Å². The maximum absolute atomic E-state index is 13.4. The molecule has 1 aliphatic rings. The number of hydrogen-bond acceptors (Lipinski definition) is 4. The van der Waals surface area contributed by atoms with Crippen molar-refractivity contribution in [2.45, 2.75) is 13.0 Å². The molecule has 36 heavy (non-hydrogen) atoms. The van der Waals surface area contributed by atoms with Gasteiger partial charge in [0.15, 0.2) is 0 Å². The van der Waals surface area contributed by atoms with E-state index in [1.165, 1.54) is 6.92 Å². The molecule has 1 fully saturated rings. The number of carbonyl (C=O) groups excluding carboxylic acids is 1. The van der Waals surface area contributed by atoms with E-state index in [2.05, 4.69) is 4.90 Å². The van der Waals surface area contributed by atoms with Crippen molar-refractivity contribution in [1.29, 1.82) is 0 Å². The molecule has 0 saturated carbocycles. The summed E-state index contributed by atoms with van der Waals surface area (Å²) in [6, 6.07) is 21.9. The lowest BCUT2D eigenvalue weighted by Gasteiger charge is -2.39. The highest BCUT2D eigenvalue weighted by atomic mass is 35.5. The summed E-state index contributed by atoms with van der Waals surface area (Å²) >= 11 is 12.3. The van der Waals surface area contributed by atoms with E-state index in [-0.39, 0.29) is 28.5 Å². The van der Waals surface area contributed by atoms with Crippen molar-refractivity contribution in [1.82, 2.24) is 9.80 Å². The zero-order valence-electron chi connectivity index (χ0n) is 19.6. The van der Waals surface area contributed by atoms with Gasteiger partial charge in [-0.1, -0.05) is 59.6 Å². The Hall–Kier alpha value is -3.39. The number of fused-ring (bicyclic) bond motifs is 1. The highest BCUT2D eigenvalue weighted by Gasteiger charge is 2.36. The van der Waals surface area contributed by atoms with Crippen LogP contribution in [0.4, 0.5) is 0 Å². The predicted octanol–water partition coefficient (Wildman–Crippen LogP) is 4.27. The lowest BCUT2D eigenvalue weighted by Crippen LogP contribution is -2.54. The van der Waals surface area contributed by atoms with Crippen molar-refractivity contribution < 1.29 is 14.3 Å². The third-order valence-electron chi connectivity index (χ3n) is 6.71. The minimum absolute atomic E-state index is 0.0487. The van der Waals surface area contributed by atoms with Gasteiger partial charge in [-0.2, -0.15) is 4.73 Å². The van der Waals surface area contributed by atoms with Gasteiger partial charge in [-0.3, -0.25) is 9.69 Å². The summed E-state index contributed by atoms with van der Waals surface area (Å²) in [6.07, 6.45) is 0. The molecule has 1 saturated heterocycles. The van der Waals surface area contributed by atoms with Crippen LogP contribution in [0.1, 0.15) is 33.4 Å². The second kappa shape index (κ2) is 9.93. The van der Waals surface area contributed by atoms with Crippen LogP contribution in [-0.2, 0) is 0 Å². The quantitative estimate of drug-likeness (QED) is 0.296. The van der Waals surface area contributed by atoms with E-state index in [9.17, 15) is 15.2 Å². The molecule has 9 heteroatoms. The number of nitrogens with zero attached hydrogens (tertiary/aromatic N) is 4.